The molecule has 0 saturated heterocycles. The van der Waals surface area contributed by atoms with Crippen molar-refractivity contribution in [1.29, 1.82) is 0 Å². The first-order valence-corrected chi connectivity index (χ1v) is 2.88. The van der Waals surface area contributed by atoms with Gasteiger partial charge in [0, 0.05) is 6.92 Å². The molecule has 0 rings (SSSR count). The molecule has 0 aromatic rings. The minimum Gasteiger partial charge on any atom is -0.444 e. The Balaban J connectivity index is 3.19. The molecule has 0 aromatic carbocycles. The van der Waals surface area contributed by atoms with Crippen LogP contribution in [0.25, 0.3) is 0 Å². The molecule has 46 valence electrons. The van der Waals surface area contributed by atoms with Gasteiger partial charge in [0.15, 0.2) is 0 Å². The molecule has 1 atom stereocenters. The highest BCUT2D eigenvalue weighted by Crippen LogP contribution is 1.92. The van der Waals surface area contributed by atoms with Gasteiger partial charge in [0.2, 0.25) is 0 Å². The molecule has 0 amide bonds. The largest absolute Gasteiger partial charge is 0.444 e. The van der Waals surface area contributed by atoms with Gasteiger partial charge in [-0.1, -0.05) is 12.8 Å². The van der Waals surface area contributed by atoms with Crippen LogP contribution in [0.3, 0.4) is 0 Å². The standard InChI is InChI=1S/C7H12O/c1-4-6-8-7(3)5-2/h7H,5H2,1-3H3. The highest BCUT2D eigenvalue weighted by Gasteiger charge is 1.91. The molecule has 0 N–H and O–H groups in total. The van der Waals surface area contributed by atoms with E-state index in [9.17, 15) is 0 Å². The number of ether oxygens (including phenoxy) is 1. The summed E-state index contributed by atoms with van der Waals surface area (Å²) in [4.78, 5) is 0. The smallest absolute Gasteiger partial charge is 0.110 e. The van der Waals surface area contributed by atoms with Crippen molar-refractivity contribution in [3.8, 4) is 12.0 Å². The monoisotopic (exact) mass is 112 g/mol. The second-order valence-electron chi connectivity index (χ2n) is 1.69. The molecule has 1 heteroatoms. The van der Waals surface area contributed by atoms with Crippen LogP contribution in [0.5, 0.6) is 0 Å². The van der Waals surface area contributed by atoms with Crippen LogP contribution in [-0.4, -0.2) is 6.10 Å². The summed E-state index contributed by atoms with van der Waals surface area (Å²) < 4.78 is 4.98. The molecule has 0 spiro atoms. The van der Waals surface area contributed by atoms with Gasteiger partial charge in [-0.2, -0.15) is 0 Å². The van der Waals surface area contributed by atoms with Gasteiger partial charge in [-0.3, -0.25) is 0 Å². The molecular weight excluding hydrogens is 100 g/mol. The molecule has 0 aliphatic carbocycles. The summed E-state index contributed by atoms with van der Waals surface area (Å²) in [5.74, 6) is 2.66. The topological polar surface area (TPSA) is 9.23 Å². The van der Waals surface area contributed by atoms with E-state index in [0.717, 1.165) is 6.42 Å². The quantitative estimate of drug-likeness (QED) is 0.495. The third kappa shape index (κ3) is 3.55. The zero-order valence-corrected chi connectivity index (χ0v) is 5.69. The maximum Gasteiger partial charge on any atom is 0.110 e. The summed E-state index contributed by atoms with van der Waals surface area (Å²) in [6, 6.07) is 0. The Bertz CT molecular complexity index is 96.7. The SMILES string of the molecule is CC#COC(C)CC. The fourth-order valence-electron chi connectivity index (χ4n) is 0.243. The van der Waals surface area contributed by atoms with Crippen molar-refractivity contribution in [2.75, 3.05) is 0 Å². The summed E-state index contributed by atoms with van der Waals surface area (Å²) in [6.45, 7) is 5.84. The van der Waals surface area contributed by atoms with E-state index in [-0.39, 0.29) is 6.10 Å². The Morgan fingerprint density at radius 3 is 2.62 bits per heavy atom. The molecule has 0 aromatic heterocycles. The van der Waals surface area contributed by atoms with Crippen molar-refractivity contribution in [1.82, 2.24) is 0 Å². The highest BCUT2D eigenvalue weighted by molar-refractivity contribution is 4.85. The predicted molar refractivity (Wildman–Crippen MR) is 34.3 cm³/mol. The van der Waals surface area contributed by atoms with Crippen LogP contribution in [0.4, 0.5) is 0 Å². The molecule has 1 unspecified atom stereocenters. The summed E-state index contributed by atoms with van der Waals surface area (Å²) in [6.07, 6.45) is 3.85. The fourth-order valence-corrected chi connectivity index (χ4v) is 0.243. The first kappa shape index (κ1) is 7.36. The van der Waals surface area contributed by atoms with Gasteiger partial charge in [0.05, 0.1) is 0 Å². The Morgan fingerprint density at radius 2 is 2.25 bits per heavy atom. The van der Waals surface area contributed by atoms with Crippen molar-refractivity contribution >= 4 is 0 Å². The second-order valence-corrected chi connectivity index (χ2v) is 1.69. The molecular formula is C7H12O. The Kier molecular flexibility index (Phi) is 4.16. The van der Waals surface area contributed by atoms with Crippen LogP contribution < -0.4 is 0 Å². The van der Waals surface area contributed by atoms with Gasteiger partial charge in [-0.05, 0) is 13.3 Å². The predicted octanol–water partition coefficient (Wildman–Crippen LogP) is 1.78. The first-order valence-electron chi connectivity index (χ1n) is 2.88. The number of hydrogen-bond donors (Lipinski definition) is 0. The van der Waals surface area contributed by atoms with Crippen LogP contribution in [0.1, 0.15) is 27.2 Å². The zero-order chi connectivity index (χ0) is 6.41. The van der Waals surface area contributed by atoms with E-state index in [1.165, 1.54) is 0 Å². The van der Waals surface area contributed by atoms with E-state index in [1.807, 2.05) is 6.92 Å². The Labute approximate surface area is 51.0 Å². The Morgan fingerprint density at radius 1 is 1.62 bits per heavy atom. The summed E-state index contributed by atoms with van der Waals surface area (Å²) in [5.41, 5.74) is 0. The highest BCUT2D eigenvalue weighted by atomic mass is 16.5. The lowest BCUT2D eigenvalue weighted by atomic mass is 10.3. The third-order valence-corrected chi connectivity index (χ3v) is 0.937. The van der Waals surface area contributed by atoms with E-state index >= 15 is 0 Å². The molecule has 0 aliphatic rings. The number of rotatable bonds is 2. The fraction of sp³-hybridized carbons (Fsp3) is 0.714. The maximum atomic E-state index is 4.98. The van der Waals surface area contributed by atoms with Crippen molar-refractivity contribution in [2.24, 2.45) is 0 Å². The van der Waals surface area contributed by atoms with Crippen molar-refractivity contribution in [2.45, 2.75) is 33.3 Å². The lowest BCUT2D eigenvalue weighted by molar-refractivity contribution is 0.181. The molecule has 0 aliphatic heterocycles. The lowest BCUT2D eigenvalue weighted by Gasteiger charge is -2.02. The van der Waals surface area contributed by atoms with Crippen LogP contribution in [0.2, 0.25) is 0 Å². The van der Waals surface area contributed by atoms with Crippen molar-refractivity contribution in [3.63, 3.8) is 0 Å². The first-order chi connectivity index (χ1) is 3.81. The summed E-state index contributed by atoms with van der Waals surface area (Å²) in [7, 11) is 0. The Hall–Kier alpha value is -0.640. The number of hydrogen-bond acceptors (Lipinski definition) is 1. The molecule has 0 saturated carbocycles. The zero-order valence-electron chi connectivity index (χ0n) is 5.69. The van der Waals surface area contributed by atoms with Crippen molar-refractivity contribution in [3.05, 3.63) is 0 Å². The summed E-state index contributed by atoms with van der Waals surface area (Å²) in [5, 5.41) is 0. The van der Waals surface area contributed by atoms with Gasteiger partial charge in [-0.15, -0.1) is 0 Å². The summed E-state index contributed by atoms with van der Waals surface area (Å²) >= 11 is 0. The van der Waals surface area contributed by atoms with E-state index in [2.05, 4.69) is 19.0 Å². The molecule has 0 heterocycles. The van der Waals surface area contributed by atoms with E-state index in [0.29, 0.717) is 0 Å². The van der Waals surface area contributed by atoms with Gasteiger partial charge < -0.3 is 4.74 Å². The van der Waals surface area contributed by atoms with E-state index < -0.39 is 0 Å². The van der Waals surface area contributed by atoms with Crippen LogP contribution in [-0.2, 0) is 4.74 Å². The van der Waals surface area contributed by atoms with Crippen LogP contribution in [0, 0.1) is 12.0 Å². The van der Waals surface area contributed by atoms with E-state index in [1.54, 1.807) is 6.92 Å². The molecule has 0 bridgehead atoms. The molecule has 8 heavy (non-hydrogen) atoms. The second kappa shape index (κ2) is 4.52. The minimum absolute atomic E-state index is 0.280. The molecule has 0 fully saturated rings. The van der Waals surface area contributed by atoms with E-state index in [4.69, 9.17) is 4.74 Å². The van der Waals surface area contributed by atoms with Gasteiger partial charge >= 0.3 is 0 Å². The average molecular weight is 112 g/mol. The van der Waals surface area contributed by atoms with Gasteiger partial charge in [0.1, 0.15) is 12.2 Å². The minimum atomic E-state index is 0.280. The normalized spacial score (nSPS) is 11.4. The third-order valence-electron chi connectivity index (χ3n) is 0.937. The average Bonchev–Trinajstić information content (AvgIpc) is 1.83. The van der Waals surface area contributed by atoms with Gasteiger partial charge in [0.25, 0.3) is 0 Å². The molecule has 1 nitrogen and oxygen atoms in total. The van der Waals surface area contributed by atoms with Crippen LogP contribution >= 0.6 is 0 Å². The van der Waals surface area contributed by atoms with Crippen molar-refractivity contribution < 1.29 is 4.74 Å². The van der Waals surface area contributed by atoms with Gasteiger partial charge in [-0.25, -0.2) is 0 Å². The lowest BCUT2D eigenvalue weighted by Crippen LogP contribution is -2.00. The van der Waals surface area contributed by atoms with Crippen LogP contribution in [0.15, 0.2) is 0 Å². The molecule has 0 radical (unpaired) electrons. The maximum absolute atomic E-state index is 4.98.